The minimum atomic E-state index is -0.0596. The number of piperazine rings is 1. The summed E-state index contributed by atoms with van der Waals surface area (Å²) in [4.78, 5) is 130. The zero-order chi connectivity index (χ0) is 78.1. The first kappa shape index (κ1) is 83.4. The standard InChI is InChI=1S/C18H22N2O4S.C17H20N2O3S.C16H20N2O3S.C14H13NO4S.C14H15NO3S/c21-12-15-14-11-13(25-17(14)3-2-16(15)22)1-4-18(23)19-5-6-20-7-9-24-10-8-20;1-18-6-8-19(9-7-18)17(22)5-2-12-10-13-14(11-20)15(21)3-4-16(13)23-12;1-18(2)8-7-17-16(21)6-3-11-9-12-13(10-19)14(20)4-5-15(12)22-11;16-8-10-9-7-13(20-12(9)2-1-11(10)17)14(18)15-3-5-19-6-4-15;1-2-15-14(18)6-3-9-7-10-11(8-16)12(17)4-5-13(10)19-9/h2-3,11-12,22H,1,4-10H2,(H,19,23);3-4,10-11,21H,2,5-9H2,1H3;4-5,9-10,20H,3,6-8H2,1-2H3,(H,17,21);1-2,7-8,17H,3-6H2;4-5,7-8,17H,2-3,6H2,1H3,(H,15,18). The van der Waals surface area contributed by atoms with Crippen LogP contribution in [0.1, 0.15) is 114 Å². The van der Waals surface area contributed by atoms with Crippen LogP contribution in [0.5, 0.6) is 28.7 Å². The second kappa shape index (κ2) is 41.3. The molecule has 13 rings (SSSR count). The summed E-state index contributed by atoms with van der Waals surface area (Å²) >= 11 is 7.56. The molecule has 0 bridgehead atoms. The first-order valence-corrected chi connectivity index (χ1v) is 39.8. The van der Waals surface area contributed by atoms with Gasteiger partial charge in [0.1, 0.15) is 28.7 Å². The number of ether oxygens (including phenoxy) is 2. The maximum Gasteiger partial charge on any atom is 0.264 e. The molecule has 3 fully saturated rings. The molecular formula is C79H90N8O17S5. The molecule has 8 heterocycles. The minimum Gasteiger partial charge on any atom is -0.507 e. The van der Waals surface area contributed by atoms with Crippen molar-refractivity contribution in [3.05, 3.63) is 143 Å². The number of carbonyl (C=O) groups excluding carboxylic acids is 10. The fraction of sp³-hybridized carbons (Fsp3) is 0.367. The molecule has 5 aromatic heterocycles. The van der Waals surface area contributed by atoms with Gasteiger partial charge < -0.3 is 70.6 Å². The Bertz CT molecular complexity index is 4850. The highest BCUT2D eigenvalue weighted by Crippen LogP contribution is 2.38. The highest BCUT2D eigenvalue weighted by atomic mass is 32.1. The Morgan fingerprint density at radius 1 is 0.431 bits per heavy atom. The molecule has 10 aromatic rings. The van der Waals surface area contributed by atoms with E-state index in [2.05, 4.69) is 32.8 Å². The molecule has 8 N–H and O–H groups in total. The lowest BCUT2D eigenvalue weighted by Crippen LogP contribution is -2.47. The summed E-state index contributed by atoms with van der Waals surface area (Å²) in [6.45, 7) is 14.6. The number of amides is 5. The van der Waals surface area contributed by atoms with E-state index in [0.29, 0.717) is 161 Å². The third kappa shape index (κ3) is 23.2. The molecule has 0 atom stereocenters. The van der Waals surface area contributed by atoms with Crippen molar-refractivity contribution in [2.24, 2.45) is 0 Å². The number of aromatic hydroxyl groups is 5. The average molecular weight is 1580 g/mol. The van der Waals surface area contributed by atoms with E-state index in [1.165, 1.54) is 35.6 Å². The van der Waals surface area contributed by atoms with Crippen molar-refractivity contribution in [3.8, 4) is 28.7 Å². The quantitative estimate of drug-likeness (QED) is 0.0247. The number of fused-ring (bicyclic) bond motifs is 5. The summed E-state index contributed by atoms with van der Waals surface area (Å²) in [6, 6.07) is 25.8. The summed E-state index contributed by atoms with van der Waals surface area (Å²) in [5, 5.41) is 60.7. The number of morpholine rings is 2. The summed E-state index contributed by atoms with van der Waals surface area (Å²) in [5.74, 6) is 0.151. The Balaban J connectivity index is 0.000000157. The van der Waals surface area contributed by atoms with Crippen LogP contribution in [-0.2, 0) is 54.3 Å². The highest BCUT2D eigenvalue weighted by molar-refractivity contribution is 7.21. The van der Waals surface area contributed by atoms with E-state index in [-0.39, 0.29) is 63.8 Å². The number of nitrogens with zero attached hydrogens (tertiary/aromatic N) is 5. The second-order valence-corrected chi connectivity index (χ2v) is 31.9. The summed E-state index contributed by atoms with van der Waals surface area (Å²) in [7, 11) is 5.99. The lowest BCUT2D eigenvalue weighted by molar-refractivity contribution is -0.132. The van der Waals surface area contributed by atoms with Crippen LogP contribution in [0.2, 0.25) is 0 Å². The monoisotopic (exact) mass is 1580 g/mol. The van der Waals surface area contributed by atoms with E-state index < -0.39 is 0 Å². The van der Waals surface area contributed by atoms with Crippen LogP contribution >= 0.6 is 56.7 Å². The number of hydrogen-bond acceptors (Lipinski definition) is 25. The number of rotatable bonds is 25. The number of aryl methyl sites for hydroxylation is 4. The van der Waals surface area contributed by atoms with Crippen molar-refractivity contribution >= 4 is 168 Å². The zero-order valence-corrected chi connectivity index (χ0v) is 65.2. The topological polar surface area (TPSA) is 343 Å². The molecule has 5 aromatic carbocycles. The SMILES string of the molecule is CCNC(=O)CCc1cc2c(C=O)c(O)ccc2s1.CN(C)CCNC(=O)CCc1cc2c(C=O)c(O)ccc2s1.CN1CCN(C(=O)CCc2cc3c(C=O)c(O)ccc3s2)CC1.O=Cc1c(O)ccc2sc(C(=O)N3CCOCC3)cc12.O=Cc1c(O)ccc2sc(CCC(=O)NCCN3CCOCC3)cc12. The van der Waals surface area contributed by atoms with E-state index in [0.717, 1.165) is 130 Å². The van der Waals surface area contributed by atoms with Gasteiger partial charge >= 0.3 is 0 Å². The maximum atomic E-state index is 12.4. The Kier molecular flexibility index (Phi) is 31.6. The van der Waals surface area contributed by atoms with Crippen molar-refractivity contribution in [2.75, 3.05) is 133 Å². The van der Waals surface area contributed by atoms with E-state index in [1.54, 1.807) is 86.6 Å². The summed E-state index contributed by atoms with van der Waals surface area (Å²) in [6.07, 6.45) is 7.63. The molecule has 109 heavy (non-hydrogen) atoms. The number of nitrogens with one attached hydrogen (secondary N) is 3. The van der Waals surface area contributed by atoms with Gasteiger partial charge in [0.15, 0.2) is 31.4 Å². The van der Waals surface area contributed by atoms with Gasteiger partial charge in [-0.3, -0.25) is 52.8 Å². The molecule has 3 aliphatic rings. The van der Waals surface area contributed by atoms with Gasteiger partial charge in [-0.1, -0.05) is 0 Å². The first-order chi connectivity index (χ1) is 52.6. The van der Waals surface area contributed by atoms with Gasteiger partial charge in [-0.25, -0.2) is 0 Å². The molecular weight excluding hydrogens is 1490 g/mol. The predicted octanol–water partition coefficient (Wildman–Crippen LogP) is 10.3. The van der Waals surface area contributed by atoms with Crippen molar-refractivity contribution < 1.29 is 83.0 Å². The van der Waals surface area contributed by atoms with Gasteiger partial charge in [-0.05, 0) is 145 Å². The van der Waals surface area contributed by atoms with E-state index in [4.69, 9.17) is 9.47 Å². The molecule has 30 heteroatoms. The van der Waals surface area contributed by atoms with Crippen molar-refractivity contribution in [3.63, 3.8) is 0 Å². The number of likely N-dealkylation sites (N-methyl/N-ethyl adjacent to an activating group) is 2. The lowest BCUT2D eigenvalue weighted by Gasteiger charge is -2.32. The van der Waals surface area contributed by atoms with Crippen molar-refractivity contribution in [1.82, 2.24) is 40.4 Å². The maximum absolute atomic E-state index is 12.4. The van der Waals surface area contributed by atoms with Crippen molar-refractivity contribution in [2.45, 2.75) is 58.3 Å². The Labute approximate surface area is 650 Å². The van der Waals surface area contributed by atoms with Gasteiger partial charge in [0.25, 0.3) is 5.91 Å². The number of carbonyl (C=O) groups is 10. The molecule has 0 spiro atoms. The van der Waals surface area contributed by atoms with Gasteiger partial charge in [0.05, 0.1) is 59.1 Å². The normalized spacial score (nSPS) is 13.8. The molecule has 0 aliphatic carbocycles. The predicted molar refractivity (Wildman–Crippen MR) is 429 cm³/mol. The largest absolute Gasteiger partial charge is 0.507 e. The third-order valence-corrected chi connectivity index (χ3v) is 24.0. The number of phenolic OH excluding ortho intramolecular Hbond substituents is 5. The van der Waals surface area contributed by atoms with Crippen LogP contribution in [0, 0.1) is 0 Å². The van der Waals surface area contributed by atoms with Crippen LogP contribution in [0.4, 0.5) is 0 Å². The second-order valence-electron chi connectivity index (χ2n) is 26.1. The zero-order valence-electron chi connectivity index (χ0n) is 61.1. The third-order valence-electron chi connectivity index (χ3n) is 18.2. The van der Waals surface area contributed by atoms with Gasteiger partial charge in [-0.2, -0.15) is 0 Å². The van der Waals surface area contributed by atoms with Crippen LogP contribution in [0.15, 0.2) is 91.0 Å². The van der Waals surface area contributed by atoms with Crippen LogP contribution < -0.4 is 16.0 Å². The summed E-state index contributed by atoms with van der Waals surface area (Å²) < 4.78 is 15.2. The smallest absolute Gasteiger partial charge is 0.264 e. The number of hydrogen-bond donors (Lipinski definition) is 8. The minimum absolute atomic E-state index is 0.00410. The van der Waals surface area contributed by atoms with Crippen LogP contribution in [-0.4, -0.2) is 244 Å². The van der Waals surface area contributed by atoms with E-state index >= 15 is 0 Å². The lowest BCUT2D eigenvalue weighted by atomic mass is 10.1. The molecule has 25 nitrogen and oxygen atoms in total. The number of thiophene rings is 5. The Morgan fingerprint density at radius 2 is 0.771 bits per heavy atom. The molecule has 0 radical (unpaired) electrons. The van der Waals surface area contributed by atoms with Gasteiger partial charge in [-0.15, -0.1) is 56.7 Å². The highest BCUT2D eigenvalue weighted by Gasteiger charge is 2.24. The number of aldehydes is 5. The van der Waals surface area contributed by atoms with Gasteiger partial charge in [0, 0.05) is 181 Å². The molecule has 578 valence electrons. The molecule has 0 unspecified atom stereocenters. The van der Waals surface area contributed by atoms with Crippen molar-refractivity contribution in [1.29, 1.82) is 0 Å². The van der Waals surface area contributed by atoms with Crippen LogP contribution in [0.3, 0.4) is 0 Å². The fourth-order valence-electron chi connectivity index (χ4n) is 12.2. The molecule has 3 aliphatic heterocycles. The Morgan fingerprint density at radius 3 is 1.14 bits per heavy atom. The molecule has 0 saturated carbocycles. The van der Waals surface area contributed by atoms with E-state index in [1.807, 2.05) is 61.2 Å². The molecule has 3 saturated heterocycles. The van der Waals surface area contributed by atoms with Gasteiger partial charge in [0.2, 0.25) is 23.6 Å². The fourth-order valence-corrected chi connectivity index (χ4v) is 17.5. The first-order valence-electron chi connectivity index (χ1n) is 35.7. The number of phenols is 5. The number of benzene rings is 5. The molecule has 5 amide bonds. The Hall–Kier alpha value is -9.60. The van der Waals surface area contributed by atoms with E-state index in [9.17, 15) is 73.5 Å². The summed E-state index contributed by atoms with van der Waals surface area (Å²) in [5.41, 5.74) is 1.51. The van der Waals surface area contributed by atoms with Crippen LogP contribution in [0.25, 0.3) is 50.4 Å². The average Bonchev–Trinajstić information content (AvgIpc) is 1.70.